The molecule has 0 unspecified atom stereocenters. The van der Waals surface area contributed by atoms with Crippen molar-refractivity contribution in [1.29, 1.82) is 0 Å². The summed E-state index contributed by atoms with van der Waals surface area (Å²) < 4.78 is 5.39. The van der Waals surface area contributed by atoms with Crippen LogP contribution < -0.4 is 0 Å². The average molecular weight is 272 g/mol. The first kappa shape index (κ1) is 14.5. The third-order valence-corrected chi connectivity index (χ3v) is 3.68. The lowest BCUT2D eigenvalue weighted by Crippen LogP contribution is -2.43. The van der Waals surface area contributed by atoms with E-state index >= 15 is 0 Å². The Morgan fingerprint density at radius 2 is 1.75 bits per heavy atom. The quantitative estimate of drug-likeness (QED) is 0.622. The fraction of sp³-hybridized carbons (Fsp3) is 0.412. The van der Waals surface area contributed by atoms with E-state index in [1.165, 1.54) is 6.92 Å². The van der Waals surface area contributed by atoms with E-state index in [-0.39, 0.29) is 11.8 Å². The molecule has 0 spiro atoms. The normalized spacial score (nSPS) is 17.9. The second-order valence-electron chi connectivity index (χ2n) is 5.26. The molecule has 1 saturated carbocycles. The van der Waals surface area contributed by atoms with E-state index in [4.69, 9.17) is 4.74 Å². The Labute approximate surface area is 119 Å². The zero-order valence-electron chi connectivity index (χ0n) is 11.8. The first-order valence-electron chi connectivity index (χ1n) is 7.09. The molecular formula is C17H20O3. The zero-order valence-corrected chi connectivity index (χ0v) is 11.8. The van der Waals surface area contributed by atoms with Gasteiger partial charge in [0, 0.05) is 6.92 Å². The highest BCUT2D eigenvalue weighted by molar-refractivity contribution is 6.01. The molecular weight excluding hydrogens is 252 g/mol. The molecule has 1 fully saturated rings. The molecule has 3 nitrogen and oxygen atoms in total. The molecule has 1 aromatic rings. The summed E-state index contributed by atoms with van der Waals surface area (Å²) in [6.45, 7) is 1.37. The van der Waals surface area contributed by atoms with Crippen molar-refractivity contribution in [1.82, 2.24) is 0 Å². The van der Waals surface area contributed by atoms with Gasteiger partial charge < -0.3 is 4.74 Å². The van der Waals surface area contributed by atoms with Crippen LogP contribution in [0.25, 0.3) is 6.08 Å². The molecule has 1 aliphatic rings. The molecule has 106 valence electrons. The number of carbonyl (C=O) groups is 2. The van der Waals surface area contributed by atoms with E-state index in [9.17, 15) is 9.59 Å². The van der Waals surface area contributed by atoms with E-state index in [0.29, 0.717) is 12.8 Å². The van der Waals surface area contributed by atoms with Crippen LogP contribution in [0.5, 0.6) is 0 Å². The molecule has 0 atom stereocenters. The van der Waals surface area contributed by atoms with Gasteiger partial charge in [0.25, 0.3) is 0 Å². The molecule has 1 aromatic carbocycles. The Morgan fingerprint density at radius 3 is 2.35 bits per heavy atom. The molecule has 1 aliphatic carbocycles. The lowest BCUT2D eigenvalue weighted by Gasteiger charge is -2.34. The van der Waals surface area contributed by atoms with Gasteiger partial charge in [0.2, 0.25) is 0 Å². The number of ketones is 1. The average Bonchev–Trinajstić information content (AvgIpc) is 2.46. The van der Waals surface area contributed by atoms with Gasteiger partial charge in [-0.25, -0.2) is 0 Å². The Morgan fingerprint density at radius 1 is 1.10 bits per heavy atom. The molecule has 2 rings (SSSR count). The van der Waals surface area contributed by atoms with Crippen molar-refractivity contribution in [3.63, 3.8) is 0 Å². The summed E-state index contributed by atoms with van der Waals surface area (Å²) in [6.07, 6.45) is 7.54. The number of carbonyl (C=O) groups excluding carboxylic acids is 2. The molecule has 20 heavy (non-hydrogen) atoms. The van der Waals surface area contributed by atoms with Crippen LogP contribution in [0, 0.1) is 0 Å². The summed E-state index contributed by atoms with van der Waals surface area (Å²) in [5.74, 6) is -0.482. The second-order valence-corrected chi connectivity index (χ2v) is 5.26. The standard InChI is InChI=1S/C17H20O3/c1-14(18)20-17(12-6-3-7-13-17)16(19)11-10-15-8-4-2-5-9-15/h2,4-5,8-11H,3,6-7,12-13H2,1H3/b11-10+. The van der Waals surface area contributed by atoms with Gasteiger partial charge in [0.1, 0.15) is 0 Å². The zero-order chi connectivity index (χ0) is 14.4. The monoisotopic (exact) mass is 272 g/mol. The SMILES string of the molecule is CC(=O)OC1(C(=O)/C=C/c2ccccc2)CCCCC1. The maximum atomic E-state index is 12.5. The number of hydrogen-bond donors (Lipinski definition) is 0. The minimum Gasteiger partial charge on any atom is -0.451 e. The summed E-state index contributed by atoms with van der Waals surface area (Å²) >= 11 is 0. The lowest BCUT2D eigenvalue weighted by molar-refractivity contribution is -0.167. The Balaban J connectivity index is 2.14. The highest BCUT2D eigenvalue weighted by Gasteiger charge is 2.40. The minimum absolute atomic E-state index is 0.101. The van der Waals surface area contributed by atoms with Gasteiger partial charge >= 0.3 is 5.97 Å². The maximum Gasteiger partial charge on any atom is 0.303 e. The van der Waals surface area contributed by atoms with Gasteiger partial charge in [0.15, 0.2) is 11.4 Å². The third-order valence-electron chi connectivity index (χ3n) is 3.68. The highest BCUT2D eigenvalue weighted by atomic mass is 16.6. The molecule has 0 aliphatic heterocycles. The first-order valence-corrected chi connectivity index (χ1v) is 7.09. The molecule has 0 heterocycles. The predicted molar refractivity (Wildman–Crippen MR) is 78.1 cm³/mol. The van der Waals surface area contributed by atoms with Crippen LogP contribution in [0.4, 0.5) is 0 Å². The fourth-order valence-electron chi connectivity index (χ4n) is 2.68. The third kappa shape index (κ3) is 3.56. The second kappa shape index (κ2) is 6.51. The Kier molecular flexibility index (Phi) is 4.72. The van der Waals surface area contributed by atoms with Crippen LogP contribution in [0.2, 0.25) is 0 Å². The van der Waals surface area contributed by atoms with Crippen LogP contribution in [-0.2, 0) is 14.3 Å². The van der Waals surface area contributed by atoms with Crippen LogP contribution in [-0.4, -0.2) is 17.4 Å². The fourth-order valence-corrected chi connectivity index (χ4v) is 2.68. The predicted octanol–water partition coefficient (Wildman–Crippen LogP) is 3.53. The summed E-state index contributed by atoms with van der Waals surface area (Å²) in [5, 5.41) is 0. The number of benzene rings is 1. The van der Waals surface area contributed by atoms with E-state index < -0.39 is 5.60 Å². The van der Waals surface area contributed by atoms with E-state index in [2.05, 4.69) is 0 Å². The molecule has 3 heteroatoms. The van der Waals surface area contributed by atoms with Gasteiger partial charge in [-0.2, -0.15) is 0 Å². The number of hydrogen-bond acceptors (Lipinski definition) is 3. The van der Waals surface area contributed by atoms with Crippen molar-refractivity contribution in [3.05, 3.63) is 42.0 Å². The van der Waals surface area contributed by atoms with Crippen molar-refractivity contribution in [3.8, 4) is 0 Å². The Hall–Kier alpha value is -1.90. The maximum absolute atomic E-state index is 12.5. The molecule has 0 N–H and O–H groups in total. The summed E-state index contributed by atoms with van der Waals surface area (Å²) in [4.78, 5) is 23.8. The topological polar surface area (TPSA) is 43.4 Å². The van der Waals surface area contributed by atoms with Gasteiger partial charge in [-0.15, -0.1) is 0 Å². The van der Waals surface area contributed by atoms with E-state index in [0.717, 1.165) is 24.8 Å². The van der Waals surface area contributed by atoms with Crippen molar-refractivity contribution in [2.75, 3.05) is 0 Å². The molecule has 0 aromatic heterocycles. The number of rotatable bonds is 4. The minimum atomic E-state index is -0.935. The van der Waals surface area contributed by atoms with Gasteiger partial charge in [-0.1, -0.05) is 42.8 Å². The van der Waals surface area contributed by atoms with E-state index in [1.807, 2.05) is 30.3 Å². The summed E-state index contributed by atoms with van der Waals surface area (Å²) in [6, 6.07) is 9.64. The first-order chi connectivity index (χ1) is 9.62. The van der Waals surface area contributed by atoms with Crippen molar-refractivity contribution < 1.29 is 14.3 Å². The van der Waals surface area contributed by atoms with Crippen molar-refractivity contribution >= 4 is 17.8 Å². The molecule has 0 bridgehead atoms. The van der Waals surface area contributed by atoms with Crippen LogP contribution in [0.15, 0.2) is 36.4 Å². The van der Waals surface area contributed by atoms with Crippen LogP contribution >= 0.6 is 0 Å². The summed E-state index contributed by atoms with van der Waals surface area (Å²) in [5.41, 5.74) is 0.0321. The van der Waals surface area contributed by atoms with Gasteiger partial charge in [-0.3, -0.25) is 9.59 Å². The lowest BCUT2D eigenvalue weighted by atomic mass is 9.81. The summed E-state index contributed by atoms with van der Waals surface area (Å²) in [7, 11) is 0. The highest BCUT2D eigenvalue weighted by Crippen LogP contribution is 2.33. The van der Waals surface area contributed by atoms with Crippen LogP contribution in [0.3, 0.4) is 0 Å². The van der Waals surface area contributed by atoms with E-state index in [1.54, 1.807) is 12.2 Å². The van der Waals surface area contributed by atoms with Crippen molar-refractivity contribution in [2.24, 2.45) is 0 Å². The largest absolute Gasteiger partial charge is 0.451 e. The number of esters is 1. The molecule has 0 saturated heterocycles. The van der Waals surface area contributed by atoms with Crippen LogP contribution in [0.1, 0.15) is 44.6 Å². The smallest absolute Gasteiger partial charge is 0.303 e. The molecule has 0 amide bonds. The van der Waals surface area contributed by atoms with Crippen molar-refractivity contribution in [2.45, 2.75) is 44.6 Å². The van der Waals surface area contributed by atoms with Gasteiger partial charge in [0.05, 0.1) is 0 Å². The number of ether oxygens (including phenoxy) is 1. The molecule has 0 radical (unpaired) electrons. The Bertz CT molecular complexity index is 496. The van der Waals surface area contributed by atoms with Gasteiger partial charge in [-0.05, 0) is 37.3 Å².